The largest absolute Gasteiger partial charge is 0.338 e. The molecule has 2 aliphatic rings. The summed E-state index contributed by atoms with van der Waals surface area (Å²) in [6.45, 7) is 1.82. The number of nitrogen functional groups attached to an aromatic ring is 1. The van der Waals surface area contributed by atoms with Crippen molar-refractivity contribution in [3.8, 4) is 0 Å². The van der Waals surface area contributed by atoms with Crippen molar-refractivity contribution in [3.05, 3.63) is 29.8 Å². The third-order valence-corrected chi connectivity index (χ3v) is 3.95. The van der Waals surface area contributed by atoms with Crippen molar-refractivity contribution in [2.24, 2.45) is 17.7 Å². The van der Waals surface area contributed by atoms with Gasteiger partial charge in [0, 0.05) is 13.1 Å². The van der Waals surface area contributed by atoms with Gasteiger partial charge in [0.2, 0.25) is 0 Å². The first-order valence-electron chi connectivity index (χ1n) is 7.13. The normalized spacial score (nSPS) is 18.2. The van der Waals surface area contributed by atoms with Crippen molar-refractivity contribution >= 4 is 11.6 Å². The lowest BCUT2D eigenvalue weighted by Crippen LogP contribution is -2.35. The van der Waals surface area contributed by atoms with Gasteiger partial charge in [0.05, 0.1) is 11.3 Å². The van der Waals surface area contributed by atoms with E-state index in [9.17, 15) is 4.79 Å². The zero-order chi connectivity index (χ0) is 13.2. The topological polar surface area (TPSA) is 58.4 Å². The van der Waals surface area contributed by atoms with Gasteiger partial charge in [-0.1, -0.05) is 12.1 Å². The molecule has 1 amide bonds. The first-order chi connectivity index (χ1) is 9.28. The fourth-order valence-corrected chi connectivity index (χ4v) is 2.43. The van der Waals surface area contributed by atoms with E-state index in [1.807, 2.05) is 29.2 Å². The molecule has 19 heavy (non-hydrogen) atoms. The Bertz CT molecular complexity index is 452. The summed E-state index contributed by atoms with van der Waals surface area (Å²) in [5.41, 5.74) is 4.02. The molecule has 3 rings (SSSR count). The Balaban J connectivity index is 1.76. The van der Waals surface area contributed by atoms with Gasteiger partial charge in [0.15, 0.2) is 0 Å². The van der Waals surface area contributed by atoms with Crippen LogP contribution >= 0.6 is 0 Å². The average Bonchev–Trinajstić information content (AvgIpc) is 3.32. The minimum atomic E-state index is 0.118. The SMILES string of the molecule is NNc1ccccc1C(=O)N(CC1CC1)CC1CC1. The molecule has 0 spiro atoms. The number of para-hydroxylation sites is 1. The number of benzene rings is 1. The molecule has 0 saturated heterocycles. The number of nitrogens with one attached hydrogen (secondary N) is 1. The molecule has 0 bridgehead atoms. The number of carbonyl (C=O) groups is 1. The van der Waals surface area contributed by atoms with E-state index in [1.165, 1.54) is 25.7 Å². The number of hydrazine groups is 1. The minimum absolute atomic E-state index is 0.118. The average molecular weight is 259 g/mol. The molecule has 0 radical (unpaired) electrons. The van der Waals surface area contributed by atoms with E-state index in [4.69, 9.17) is 5.84 Å². The Labute approximate surface area is 113 Å². The van der Waals surface area contributed by atoms with Crippen LogP contribution in [0.15, 0.2) is 24.3 Å². The number of anilines is 1. The first-order valence-corrected chi connectivity index (χ1v) is 7.13. The van der Waals surface area contributed by atoms with E-state index >= 15 is 0 Å². The van der Waals surface area contributed by atoms with Crippen molar-refractivity contribution in [1.29, 1.82) is 0 Å². The maximum Gasteiger partial charge on any atom is 0.256 e. The smallest absolute Gasteiger partial charge is 0.256 e. The number of amides is 1. The molecule has 4 nitrogen and oxygen atoms in total. The van der Waals surface area contributed by atoms with Crippen molar-refractivity contribution in [2.45, 2.75) is 25.7 Å². The zero-order valence-corrected chi connectivity index (χ0v) is 11.1. The monoisotopic (exact) mass is 259 g/mol. The highest BCUT2D eigenvalue weighted by molar-refractivity contribution is 5.99. The molecule has 102 valence electrons. The number of hydrogen-bond donors (Lipinski definition) is 2. The summed E-state index contributed by atoms with van der Waals surface area (Å²) >= 11 is 0. The maximum atomic E-state index is 12.7. The number of carbonyl (C=O) groups excluding carboxylic acids is 1. The summed E-state index contributed by atoms with van der Waals surface area (Å²) in [6.07, 6.45) is 5.08. The lowest BCUT2D eigenvalue weighted by atomic mass is 10.1. The van der Waals surface area contributed by atoms with Crippen LogP contribution in [-0.4, -0.2) is 23.9 Å². The van der Waals surface area contributed by atoms with Crippen molar-refractivity contribution < 1.29 is 4.79 Å². The standard InChI is InChI=1S/C15H21N3O/c16-17-14-4-2-1-3-13(14)15(19)18(9-11-5-6-11)10-12-7-8-12/h1-4,11-12,17H,5-10,16H2. The Hall–Kier alpha value is -1.55. The van der Waals surface area contributed by atoms with Crippen LogP contribution in [0.5, 0.6) is 0 Å². The van der Waals surface area contributed by atoms with E-state index in [0.717, 1.165) is 24.9 Å². The summed E-state index contributed by atoms with van der Waals surface area (Å²) in [5, 5.41) is 0. The number of nitrogens with two attached hydrogens (primary N) is 1. The van der Waals surface area contributed by atoms with Crippen LogP contribution in [0, 0.1) is 11.8 Å². The quantitative estimate of drug-likeness (QED) is 0.608. The zero-order valence-electron chi connectivity index (χ0n) is 11.1. The van der Waals surface area contributed by atoms with Gasteiger partial charge in [-0.15, -0.1) is 0 Å². The number of rotatable bonds is 6. The Kier molecular flexibility index (Phi) is 3.42. The van der Waals surface area contributed by atoms with E-state index in [1.54, 1.807) is 0 Å². The molecule has 2 saturated carbocycles. The molecule has 1 aromatic carbocycles. The Morgan fingerprint density at radius 3 is 2.26 bits per heavy atom. The van der Waals surface area contributed by atoms with E-state index in [0.29, 0.717) is 11.3 Å². The summed E-state index contributed by atoms with van der Waals surface area (Å²) < 4.78 is 0. The molecule has 2 fully saturated rings. The Morgan fingerprint density at radius 1 is 1.16 bits per heavy atom. The van der Waals surface area contributed by atoms with E-state index < -0.39 is 0 Å². The predicted molar refractivity (Wildman–Crippen MR) is 75.6 cm³/mol. The number of nitrogens with zero attached hydrogens (tertiary/aromatic N) is 1. The molecule has 3 N–H and O–H groups in total. The highest BCUT2D eigenvalue weighted by Crippen LogP contribution is 2.34. The van der Waals surface area contributed by atoms with Gasteiger partial charge in [-0.25, -0.2) is 0 Å². The fourth-order valence-electron chi connectivity index (χ4n) is 2.43. The van der Waals surface area contributed by atoms with Crippen molar-refractivity contribution in [2.75, 3.05) is 18.5 Å². The lowest BCUT2D eigenvalue weighted by Gasteiger charge is -2.23. The fraction of sp³-hybridized carbons (Fsp3) is 0.533. The Morgan fingerprint density at radius 2 is 1.74 bits per heavy atom. The van der Waals surface area contributed by atoms with Gasteiger partial charge in [0.1, 0.15) is 0 Å². The summed E-state index contributed by atoms with van der Waals surface area (Å²) in [7, 11) is 0. The van der Waals surface area contributed by atoms with Crippen LogP contribution < -0.4 is 11.3 Å². The van der Waals surface area contributed by atoms with Crippen LogP contribution in [0.4, 0.5) is 5.69 Å². The molecule has 4 heteroatoms. The summed E-state index contributed by atoms with van der Waals surface area (Å²) in [5.74, 6) is 7.06. The van der Waals surface area contributed by atoms with Gasteiger partial charge in [-0.2, -0.15) is 0 Å². The van der Waals surface area contributed by atoms with Gasteiger partial charge >= 0.3 is 0 Å². The van der Waals surface area contributed by atoms with E-state index in [2.05, 4.69) is 5.43 Å². The van der Waals surface area contributed by atoms with Crippen LogP contribution in [0.1, 0.15) is 36.0 Å². The molecular formula is C15H21N3O. The highest BCUT2D eigenvalue weighted by Gasteiger charge is 2.32. The summed E-state index contributed by atoms with van der Waals surface area (Å²) in [6, 6.07) is 7.47. The second kappa shape index (κ2) is 5.21. The third-order valence-electron chi connectivity index (χ3n) is 3.95. The second-order valence-corrected chi connectivity index (χ2v) is 5.79. The van der Waals surface area contributed by atoms with Crippen LogP contribution in [0.25, 0.3) is 0 Å². The molecule has 1 aromatic rings. The van der Waals surface area contributed by atoms with Crippen molar-refractivity contribution in [1.82, 2.24) is 4.90 Å². The van der Waals surface area contributed by atoms with Crippen LogP contribution in [-0.2, 0) is 0 Å². The molecule has 2 aliphatic carbocycles. The van der Waals surface area contributed by atoms with Gasteiger partial charge < -0.3 is 10.3 Å². The molecule has 0 unspecified atom stereocenters. The molecule has 0 heterocycles. The van der Waals surface area contributed by atoms with Gasteiger partial charge in [-0.05, 0) is 49.7 Å². The van der Waals surface area contributed by atoms with Crippen molar-refractivity contribution in [3.63, 3.8) is 0 Å². The second-order valence-electron chi connectivity index (χ2n) is 5.79. The highest BCUT2D eigenvalue weighted by atomic mass is 16.2. The van der Waals surface area contributed by atoms with Crippen LogP contribution in [0.3, 0.4) is 0 Å². The van der Waals surface area contributed by atoms with Gasteiger partial charge in [0.25, 0.3) is 5.91 Å². The number of hydrogen-bond acceptors (Lipinski definition) is 3. The minimum Gasteiger partial charge on any atom is -0.338 e. The molecular weight excluding hydrogens is 238 g/mol. The first kappa shape index (κ1) is 12.5. The lowest BCUT2D eigenvalue weighted by molar-refractivity contribution is 0.0740. The third kappa shape index (κ3) is 3.07. The van der Waals surface area contributed by atoms with Crippen LogP contribution in [0.2, 0.25) is 0 Å². The molecule has 0 atom stereocenters. The van der Waals surface area contributed by atoms with E-state index in [-0.39, 0.29) is 5.91 Å². The summed E-state index contributed by atoms with van der Waals surface area (Å²) in [4.78, 5) is 14.7. The predicted octanol–water partition coefficient (Wildman–Crippen LogP) is 2.23. The molecule has 0 aromatic heterocycles. The maximum absolute atomic E-state index is 12.7. The molecule has 0 aliphatic heterocycles. The van der Waals surface area contributed by atoms with Gasteiger partial charge in [-0.3, -0.25) is 10.6 Å².